The first-order chi connectivity index (χ1) is 9.75. The number of H-pyrrole nitrogens is 1. The fourth-order valence-corrected chi connectivity index (χ4v) is 3.34. The molecule has 6 nitrogen and oxygen atoms in total. The van der Waals surface area contributed by atoms with Gasteiger partial charge in [-0.1, -0.05) is 6.42 Å². The molecule has 1 aromatic heterocycles. The van der Waals surface area contributed by atoms with Crippen LogP contribution in [0, 0.1) is 0 Å². The molecule has 1 amide bonds. The maximum Gasteiger partial charge on any atom is 0.274 e. The number of anilines is 1. The highest BCUT2D eigenvalue weighted by Gasteiger charge is 2.29. The smallest absolute Gasteiger partial charge is 0.274 e. The number of nitrogens with zero attached hydrogens (tertiary/aromatic N) is 3. The van der Waals surface area contributed by atoms with Crippen LogP contribution in [-0.4, -0.2) is 58.1 Å². The van der Waals surface area contributed by atoms with E-state index in [1.54, 1.807) is 0 Å². The summed E-state index contributed by atoms with van der Waals surface area (Å²) in [7, 11) is 0. The van der Waals surface area contributed by atoms with Gasteiger partial charge in [0.25, 0.3) is 5.91 Å². The topological polar surface area (TPSA) is 78.2 Å². The van der Waals surface area contributed by atoms with E-state index in [-0.39, 0.29) is 5.91 Å². The Balaban J connectivity index is 1.55. The Bertz CT molecular complexity index is 458. The van der Waals surface area contributed by atoms with Crippen molar-refractivity contribution < 1.29 is 4.79 Å². The van der Waals surface area contributed by atoms with E-state index in [0.717, 1.165) is 25.9 Å². The monoisotopic (exact) mass is 277 g/mol. The third-order valence-electron chi connectivity index (χ3n) is 4.54. The minimum absolute atomic E-state index is 0.0166. The molecule has 3 heterocycles. The summed E-state index contributed by atoms with van der Waals surface area (Å²) in [5.74, 6) is -0.0166. The van der Waals surface area contributed by atoms with Crippen molar-refractivity contribution in [3.63, 3.8) is 0 Å². The number of carbonyl (C=O) groups is 1. The van der Waals surface area contributed by atoms with Crippen molar-refractivity contribution in [2.24, 2.45) is 0 Å². The second kappa shape index (κ2) is 5.83. The van der Waals surface area contributed by atoms with Gasteiger partial charge >= 0.3 is 0 Å². The van der Waals surface area contributed by atoms with E-state index in [9.17, 15) is 4.79 Å². The molecule has 0 saturated carbocycles. The number of nitrogen functional groups attached to an aromatic ring is 1. The predicted molar refractivity (Wildman–Crippen MR) is 77.3 cm³/mol. The van der Waals surface area contributed by atoms with Crippen LogP contribution in [0.15, 0.2) is 6.20 Å². The van der Waals surface area contributed by atoms with Crippen LogP contribution in [0.3, 0.4) is 0 Å². The Kier molecular flexibility index (Phi) is 3.91. The molecule has 0 aromatic carbocycles. The van der Waals surface area contributed by atoms with Crippen LogP contribution in [0.4, 0.5) is 5.69 Å². The molecule has 2 fully saturated rings. The normalized spacial score (nSPS) is 22.1. The van der Waals surface area contributed by atoms with Gasteiger partial charge in [-0.2, -0.15) is 5.10 Å². The Hall–Kier alpha value is -1.56. The van der Waals surface area contributed by atoms with Gasteiger partial charge in [0.15, 0.2) is 0 Å². The van der Waals surface area contributed by atoms with Gasteiger partial charge in [0.2, 0.25) is 0 Å². The molecule has 0 spiro atoms. The Morgan fingerprint density at radius 3 is 2.50 bits per heavy atom. The molecule has 0 aliphatic carbocycles. The van der Waals surface area contributed by atoms with Crippen molar-refractivity contribution in [1.29, 1.82) is 0 Å². The van der Waals surface area contributed by atoms with Crippen LogP contribution >= 0.6 is 0 Å². The van der Waals surface area contributed by atoms with Crippen LogP contribution in [0.2, 0.25) is 0 Å². The Morgan fingerprint density at radius 2 is 1.90 bits per heavy atom. The Labute approximate surface area is 119 Å². The molecule has 2 aliphatic rings. The Morgan fingerprint density at radius 1 is 1.20 bits per heavy atom. The number of hydrogen-bond donors (Lipinski definition) is 2. The number of hydrogen-bond acceptors (Lipinski definition) is 4. The molecule has 20 heavy (non-hydrogen) atoms. The lowest BCUT2D eigenvalue weighted by Gasteiger charge is -2.40. The maximum absolute atomic E-state index is 12.3. The number of amides is 1. The predicted octanol–water partition coefficient (Wildman–Crippen LogP) is 1.08. The highest BCUT2D eigenvalue weighted by atomic mass is 16.2. The van der Waals surface area contributed by atoms with E-state index in [1.807, 2.05) is 4.90 Å². The van der Waals surface area contributed by atoms with E-state index < -0.39 is 0 Å². The van der Waals surface area contributed by atoms with Crippen molar-refractivity contribution in [3.05, 3.63) is 11.9 Å². The van der Waals surface area contributed by atoms with E-state index in [2.05, 4.69) is 15.1 Å². The average molecular weight is 277 g/mol. The van der Waals surface area contributed by atoms with Crippen molar-refractivity contribution in [3.8, 4) is 0 Å². The summed E-state index contributed by atoms with van der Waals surface area (Å²) in [6.45, 7) is 4.09. The first-order valence-corrected chi connectivity index (χ1v) is 7.58. The highest BCUT2D eigenvalue weighted by Crippen LogP contribution is 2.22. The van der Waals surface area contributed by atoms with E-state index in [0.29, 0.717) is 17.4 Å². The van der Waals surface area contributed by atoms with Gasteiger partial charge in [-0.25, -0.2) is 0 Å². The summed E-state index contributed by atoms with van der Waals surface area (Å²) in [6.07, 6.45) is 7.65. The summed E-state index contributed by atoms with van der Waals surface area (Å²) in [5.41, 5.74) is 6.61. The fraction of sp³-hybridized carbons (Fsp3) is 0.714. The number of carbonyl (C=O) groups excluding carboxylic acids is 1. The van der Waals surface area contributed by atoms with Gasteiger partial charge in [0, 0.05) is 19.1 Å². The van der Waals surface area contributed by atoms with Gasteiger partial charge in [0.1, 0.15) is 5.69 Å². The van der Waals surface area contributed by atoms with Gasteiger partial charge in [-0.15, -0.1) is 0 Å². The maximum atomic E-state index is 12.3. The number of aromatic nitrogens is 2. The number of nitrogens with two attached hydrogens (primary N) is 1. The van der Waals surface area contributed by atoms with Crippen LogP contribution in [-0.2, 0) is 0 Å². The number of rotatable bonds is 2. The molecule has 6 heteroatoms. The van der Waals surface area contributed by atoms with Gasteiger partial charge < -0.3 is 15.5 Å². The number of aromatic amines is 1. The van der Waals surface area contributed by atoms with Crippen LogP contribution in [0.25, 0.3) is 0 Å². The third-order valence-corrected chi connectivity index (χ3v) is 4.54. The molecule has 0 radical (unpaired) electrons. The molecule has 3 N–H and O–H groups in total. The number of likely N-dealkylation sites (tertiary alicyclic amines) is 2. The van der Waals surface area contributed by atoms with Crippen molar-refractivity contribution in [2.75, 3.05) is 31.9 Å². The standard InChI is InChI=1S/C14H23N5O/c15-12-10-16-17-13(12)14(20)19-8-4-11(5-9-19)18-6-2-1-3-7-18/h10-11H,1-9,15H2,(H,16,17). The lowest BCUT2D eigenvalue weighted by atomic mass is 9.99. The summed E-state index contributed by atoms with van der Waals surface area (Å²) in [6, 6.07) is 0.651. The SMILES string of the molecule is Nc1cn[nH]c1C(=O)N1CCC(N2CCCCC2)CC1. The van der Waals surface area contributed by atoms with Crippen molar-refractivity contribution in [2.45, 2.75) is 38.1 Å². The van der Waals surface area contributed by atoms with Crippen LogP contribution < -0.4 is 5.73 Å². The van der Waals surface area contributed by atoms with Crippen LogP contribution in [0.5, 0.6) is 0 Å². The molecule has 0 atom stereocenters. The first-order valence-electron chi connectivity index (χ1n) is 7.58. The largest absolute Gasteiger partial charge is 0.396 e. The zero-order valence-electron chi connectivity index (χ0n) is 11.8. The third kappa shape index (κ3) is 2.65. The molecular weight excluding hydrogens is 254 g/mol. The van der Waals surface area contributed by atoms with Gasteiger partial charge in [0.05, 0.1) is 11.9 Å². The minimum Gasteiger partial charge on any atom is -0.396 e. The molecule has 3 rings (SSSR count). The first kappa shape index (κ1) is 13.4. The molecular formula is C14H23N5O. The number of nitrogens with one attached hydrogen (secondary N) is 1. The van der Waals surface area contributed by atoms with E-state index in [4.69, 9.17) is 5.73 Å². The zero-order chi connectivity index (χ0) is 13.9. The summed E-state index contributed by atoms with van der Waals surface area (Å²) in [5, 5.41) is 6.52. The number of piperidine rings is 2. The molecule has 1 aromatic rings. The highest BCUT2D eigenvalue weighted by molar-refractivity contribution is 5.97. The minimum atomic E-state index is -0.0166. The summed E-state index contributed by atoms with van der Waals surface area (Å²) < 4.78 is 0. The van der Waals surface area contributed by atoms with E-state index >= 15 is 0 Å². The molecule has 0 bridgehead atoms. The zero-order valence-corrected chi connectivity index (χ0v) is 11.8. The lowest BCUT2D eigenvalue weighted by Crippen LogP contribution is -2.48. The fourth-order valence-electron chi connectivity index (χ4n) is 3.34. The van der Waals surface area contributed by atoms with E-state index in [1.165, 1.54) is 38.5 Å². The molecule has 110 valence electrons. The van der Waals surface area contributed by atoms with Gasteiger partial charge in [-0.3, -0.25) is 9.89 Å². The second-order valence-electron chi connectivity index (χ2n) is 5.82. The average Bonchev–Trinajstić information content (AvgIpc) is 2.94. The molecule has 2 aliphatic heterocycles. The summed E-state index contributed by atoms with van der Waals surface area (Å²) >= 11 is 0. The quantitative estimate of drug-likeness (QED) is 0.848. The van der Waals surface area contributed by atoms with Crippen LogP contribution in [0.1, 0.15) is 42.6 Å². The molecule has 0 unspecified atom stereocenters. The molecule has 2 saturated heterocycles. The second-order valence-corrected chi connectivity index (χ2v) is 5.82. The van der Waals surface area contributed by atoms with Crippen molar-refractivity contribution >= 4 is 11.6 Å². The summed E-state index contributed by atoms with van der Waals surface area (Å²) in [4.78, 5) is 16.8. The van der Waals surface area contributed by atoms with Crippen molar-refractivity contribution in [1.82, 2.24) is 20.0 Å². The lowest BCUT2D eigenvalue weighted by molar-refractivity contribution is 0.0585. The van der Waals surface area contributed by atoms with Gasteiger partial charge in [-0.05, 0) is 38.8 Å².